The van der Waals surface area contributed by atoms with Crippen molar-refractivity contribution in [2.24, 2.45) is 12.8 Å². The lowest BCUT2D eigenvalue weighted by molar-refractivity contribution is 0.860. The molecule has 5 nitrogen and oxygen atoms in total. The molecule has 3 aromatic rings. The van der Waals surface area contributed by atoms with E-state index in [-0.39, 0.29) is 0 Å². The summed E-state index contributed by atoms with van der Waals surface area (Å²) in [6.45, 7) is 0.539. The first-order chi connectivity index (χ1) is 9.29. The van der Waals surface area contributed by atoms with Gasteiger partial charge in [-0.25, -0.2) is 9.97 Å². The molecule has 19 heavy (non-hydrogen) atoms. The maximum Gasteiger partial charge on any atom is 0.144 e. The van der Waals surface area contributed by atoms with Crippen LogP contribution in [0, 0.1) is 0 Å². The number of fused-ring (bicyclic) bond motifs is 1. The summed E-state index contributed by atoms with van der Waals surface area (Å²) in [6, 6.07) is 7.84. The number of nitrogens with two attached hydrogens (primary N) is 1. The molecule has 0 aliphatic carbocycles. The minimum Gasteiger partial charge on any atom is -0.335 e. The van der Waals surface area contributed by atoms with Crippen LogP contribution in [0.4, 0.5) is 0 Å². The summed E-state index contributed by atoms with van der Waals surface area (Å²) in [7, 11) is 1.98. The fourth-order valence-corrected chi connectivity index (χ4v) is 2.12. The van der Waals surface area contributed by atoms with Crippen LogP contribution >= 0.6 is 0 Å². The summed E-state index contributed by atoms with van der Waals surface area (Å²) in [5, 5.41) is 1.02. The van der Waals surface area contributed by atoms with Gasteiger partial charge in [-0.3, -0.25) is 4.98 Å². The molecule has 0 spiro atoms. The molecule has 3 heterocycles. The molecule has 0 aliphatic heterocycles. The largest absolute Gasteiger partial charge is 0.335 e. The second-order valence-corrected chi connectivity index (χ2v) is 4.41. The van der Waals surface area contributed by atoms with Crippen molar-refractivity contribution in [1.82, 2.24) is 19.5 Å². The van der Waals surface area contributed by atoms with Crippen LogP contribution in [0.15, 0.2) is 36.7 Å². The van der Waals surface area contributed by atoms with Crippen molar-refractivity contribution in [1.29, 1.82) is 0 Å². The molecular formula is C14H15N5. The summed E-state index contributed by atoms with van der Waals surface area (Å²) in [6.07, 6.45) is 4.42. The van der Waals surface area contributed by atoms with E-state index >= 15 is 0 Å². The Bertz CT molecular complexity index is 702. The molecule has 0 atom stereocenters. The lowest BCUT2D eigenvalue weighted by Crippen LogP contribution is -2.08. The van der Waals surface area contributed by atoms with E-state index in [1.165, 1.54) is 0 Å². The van der Waals surface area contributed by atoms with Crippen molar-refractivity contribution in [2.75, 3.05) is 6.54 Å². The van der Waals surface area contributed by atoms with E-state index < -0.39 is 0 Å². The fourth-order valence-electron chi connectivity index (χ4n) is 2.12. The first kappa shape index (κ1) is 11.8. The minimum atomic E-state index is 0.539. The van der Waals surface area contributed by atoms with E-state index in [2.05, 4.69) is 15.0 Å². The van der Waals surface area contributed by atoms with Gasteiger partial charge in [0.15, 0.2) is 0 Å². The monoisotopic (exact) mass is 253 g/mol. The molecule has 0 amide bonds. The standard InChI is InChI=1S/C14H15N5/c1-19-9-6-10-13(11-4-2-3-8-16-11)17-12(5-7-15)18-14(10)19/h2-4,6,8-9H,5,7,15H2,1H3. The van der Waals surface area contributed by atoms with Crippen LogP contribution in [0.3, 0.4) is 0 Å². The predicted molar refractivity (Wildman–Crippen MR) is 74.5 cm³/mol. The second-order valence-electron chi connectivity index (χ2n) is 4.41. The number of hydrogen-bond donors (Lipinski definition) is 1. The SMILES string of the molecule is Cn1ccc2c(-c3ccccn3)nc(CCN)nc21. The van der Waals surface area contributed by atoms with Gasteiger partial charge in [0.05, 0.1) is 5.69 Å². The summed E-state index contributed by atoms with van der Waals surface area (Å²) in [5.74, 6) is 0.762. The summed E-state index contributed by atoms with van der Waals surface area (Å²) >= 11 is 0. The van der Waals surface area contributed by atoms with Crippen LogP contribution in [0.2, 0.25) is 0 Å². The number of pyridine rings is 1. The highest BCUT2D eigenvalue weighted by atomic mass is 15.0. The molecule has 0 fully saturated rings. The normalized spacial score (nSPS) is 11.1. The molecule has 5 heteroatoms. The Kier molecular flexibility index (Phi) is 2.97. The fraction of sp³-hybridized carbons (Fsp3) is 0.214. The van der Waals surface area contributed by atoms with Crippen molar-refractivity contribution >= 4 is 11.0 Å². The first-order valence-corrected chi connectivity index (χ1v) is 6.23. The molecule has 0 radical (unpaired) electrons. The predicted octanol–water partition coefficient (Wildman–Crippen LogP) is 1.53. The molecule has 0 saturated carbocycles. The van der Waals surface area contributed by atoms with Gasteiger partial charge < -0.3 is 10.3 Å². The van der Waals surface area contributed by atoms with E-state index in [1.807, 2.05) is 42.1 Å². The molecule has 0 aromatic carbocycles. The Morgan fingerprint density at radius 3 is 2.84 bits per heavy atom. The zero-order valence-electron chi connectivity index (χ0n) is 10.7. The van der Waals surface area contributed by atoms with E-state index in [1.54, 1.807) is 6.20 Å². The van der Waals surface area contributed by atoms with Crippen LogP contribution in [-0.2, 0) is 13.5 Å². The Hall–Kier alpha value is -2.27. The lowest BCUT2D eigenvalue weighted by Gasteiger charge is -2.06. The van der Waals surface area contributed by atoms with E-state index in [0.29, 0.717) is 13.0 Å². The average Bonchev–Trinajstić information content (AvgIpc) is 2.81. The maximum atomic E-state index is 5.60. The zero-order valence-corrected chi connectivity index (χ0v) is 10.7. The lowest BCUT2D eigenvalue weighted by atomic mass is 10.2. The third kappa shape index (κ3) is 2.08. The van der Waals surface area contributed by atoms with Crippen molar-refractivity contribution in [3.05, 3.63) is 42.5 Å². The molecule has 3 rings (SSSR count). The number of rotatable bonds is 3. The van der Waals surface area contributed by atoms with Crippen molar-refractivity contribution < 1.29 is 0 Å². The highest BCUT2D eigenvalue weighted by Crippen LogP contribution is 2.24. The van der Waals surface area contributed by atoms with Gasteiger partial charge in [0.1, 0.15) is 17.2 Å². The molecule has 96 valence electrons. The van der Waals surface area contributed by atoms with Gasteiger partial charge in [0, 0.05) is 31.2 Å². The van der Waals surface area contributed by atoms with E-state index in [0.717, 1.165) is 28.2 Å². The third-order valence-electron chi connectivity index (χ3n) is 3.05. The Morgan fingerprint density at radius 2 is 2.11 bits per heavy atom. The van der Waals surface area contributed by atoms with Crippen LogP contribution in [0.1, 0.15) is 5.82 Å². The van der Waals surface area contributed by atoms with Gasteiger partial charge in [-0.15, -0.1) is 0 Å². The zero-order chi connectivity index (χ0) is 13.2. The Morgan fingerprint density at radius 1 is 1.21 bits per heavy atom. The summed E-state index contributed by atoms with van der Waals surface area (Å²) < 4.78 is 1.99. The molecule has 2 N–H and O–H groups in total. The topological polar surface area (TPSA) is 69.6 Å². The highest BCUT2D eigenvalue weighted by molar-refractivity contribution is 5.90. The number of aromatic nitrogens is 4. The van der Waals surface area contributed by atoms with Crippen LogP contribution < -0.4 is 5.73 Å². The molecule has 0 unspecified atom stereocenters. The van der Waals surface area contributed by atoms with Gasteiger partial charge >= 0.3 is 0 Å². The van der Waals surface area contributed by atoms with Crippen molar-refractivity contribution in [3.63, 3.8) is 0 Å². The van der Waals surface area contributed by atoms with Crippen LogP contribution in [0.5, 0.6) is 0 Å². The van der Waals surface area contributed by atoms with Gasteiger partial charge in [-0.2, -0.15) is 0 Å². The molecular weight excluding hydrogens is 238 g/mol. The van der Waals surface area contributed by atoms with Crippen LogP contribution in [0.25, 0.3) is 22.4 Å². The first-order valence-electron chi connectivity index (χ1n) is 6.23. The van der Waals surface area contributed by atoms with E-state index in [9.17, 15) is 0 Å². The number of nitrogens with zero attached hydrogens (tertiary/aromatic N) is 4. The van der Waals surface area contributed by atoms with Gasteiger partial charge in [-0.05, 0) is 24.7 Å². The maximum absolute atomic E-state index is 5.60. The quantitative estimate of drug-likeness (QED) is 0.768. The summed E-state index contributed by atoms with van der Waals surface area (Å²) in [4.78, 5) is 13.5. The van der Waals surface area contributed by atoms with Gasteiger partial charge in [0.2, 0.25) is 0 Å². The average molecular weight is 253 g/mol. The molecule has 0 bridgehead atoms. The minimum absolute atomic E-state index is 0.539. The third-order valence-corrected chi connectivity index (χ3v) is 3.05. The van der Waals surface area contributed by atoms with Crippen LogP contribution in [-0.4, -0.2) is 26.1 Å². The highest BCUT2D eigenvalue weighted by Gasteiger charge is 2.12. The molecule has 0 aliphatic rings. The van der Waals surface area contributed by atoms with Gasteiger partial charge in [0.25, 0.3) is 0 Å². The molecule has 3 aromatic heterocycles. The Balaban J connectivity index is 2.27. The number of hydrogen-bond acceptors (Lipinski definition) is 4. The van der Waals surface area contributed by atoms with Crippen molar-refractivity contribution in [3.8, 4) is 11.4 Å². The summed E-state index contributed by atoms with van der Waals surface area (Å²) in [5.41, 5.74) is 8.25. The second kappa shape index (κ2) is 4.78. The van der Waals surface area contributed by atoms with Crippen molar-refractivity contribution in [2.45, 2.75) is 6.42 Å². The van der Waals surface area contributed by atoms with Gasteiger partial charge in [-0.1, -0.05) is 6.07 Å². The van der Waals surface area contributed by atoms with E-state index in [4.69, 9.17) is 5.73 Å². The Labute approximate surface area is 111 Å². The molecule has 0 saturated heterocycles. The number of aryl methyl sites for hydroxylation is 1. The smallest absolute Gasteiger partial charge is 0.144 e.